The SMILES string of the molecule is Fc1ccc(C#CCCCl)c(OCC2CCOCC2)c1. The Kier molecular flexibility index (Phi) is 6.17. The zero-order valence-corrected chi connectivity index (χ0v) is 12.1. The number of hydrogen-bond donors (Lipinski definition) is 0. The highest BCUT2D eigenvalue weighted by atomic mass is 35.5. The van der Waals surface area contributed by atoms with Crippen LogP contribution in [0.1, 0.15) is 24.8 Å². The van der Waals surface area contributed by atoms with Gasteiger partial charge in [0.2, 0.25) is 0 Å². The molecule has 20 heavy (non-hydrogen) atoms. The van der Waals surface area contributed by atoms with E-state index in [-0.39, 0.29) is 5.82 Å². The first-order valence-electron chi connectivity index (χ1n) is 6.84. The van der Waals surface area contributed by atoms with Crippen molar-refractivity contribution in [1.82, 2.24) is 0 Å². The molecule has 1 aliphatic heterocycles. The molecular weight excluding hydrogens is 279 g/mol. The lowest BCUT2D eigenvalue weighted by atomic mass is 10.0. The standard InChI is InChI=1S/C16H18ClFO2/c17-8-2-1-3-14-4-5-15(18)11-16(14)20-12-13-6-9-19-10-7-13/h4-5,11,13H,2,6-10,12H2. The van der Waals surface area contributed by atoms with Gasteiger partial charge in [-0.3, -0.25) is 0 Å². The molecule has 0 saturated carbocycles. The van der Waals surface area contributed by atoms with Gasteiger partial charge in [0.25, 0.3) is 0 Å². The molecule has 0 bridgehead atoms. The van der Waals surface area contributed by atoms with Crippen LogP contribution < -0.4 is 4.74 Å². The van der Waals surface area contributed by atoms with Crippen LogP contribution in [0.5, 0.6) is 5.75 Å². The van der Waals surface area contributed by atoms with Gasteiger partial charge in [0.15, 0.2) is 0 Å². The average molecular weight is 297 g/mol. The number of halogens is 2. The van der Waals surface area contributed by atoms with Crippen molar-refractivity contribution in [3.05, 3.63) is 29.6 Å². The van der Waals surface area contributed by atoms with Crippen LogP contribution in [0.25, 0.3) is 0 Å². The van der Waals surface area contributed by atoms with Gasteiger partial charge in [-0.15, -0.1) is 11.6 Å². The Balaban J connectivity index is 2.01. The summed E-state index contributed by atoms with van der Waals surface area (Å²) >= 11 is 5.59. The van der Waals surface area contributed by atoms with E-state index < -0.39 is 0 Å². The first-order chi connectivity index (χ1) is 9.79. The summed E-state index contributed by atoms with van der Waals surface area (Å²) in [6.45, 7) is 2.14. The number of alkyl halides is 1. The fourth-order valence-electron chi connectivity index (χ4n) is 2.04. The number of hydrogen-bond acceptors (Lipinski definition) is 2. The van der Waals surface area contributed by atoms with Crippen LogP contribution in [-0.2, 0) is 4.74 Å². The van der Waals surface area contributed by atoms with Gasteiger partial charge in [-0.2, -0.15) is 0 Å². The van der Waals surface area contributed by atoms with Gasteiger partial charge in [0.05, 0.1) is 12.2 Å². The molecule has 1 fully saturated rings. The Labute approximate surface area is 124 Å². The van der Waals surface area contributed by atoms with E-state index in [0.29, 0.717) is 36.1 Å². The first-order valence-corrected chi connectivity index (χ1v) is 7.38. The van der Waals surface area contributed by atoms with E-state index in [1.807, 2.05) is 0 Å². The third-order valence-corrected chi connectivity index (χ3v) is 3.39. The second-order valence-corrected chi connectivity index (χ2v) is 5.13. The minimum atomic E-state index is -0.310. The second-order valence-electron chi connectivity index (χ2n) is 4.75. The number of rotatable bonds is 4. The summed E-state index contributed by atoms with van der Waals surface area (Å²) in [5.41, 5.74) is 0.712. The third-order valence-electron chi connectivity index (χ3n) is 3.20. The predicted octanol–water partition coefficient (Wildman–Crippen LogP) is 3.61. The maximum atomic E-state index is 13.3. The van der Waals surface area contributed by atoms with Gasteiger partial charge in [0, 0.05) is 31.6 Å². The Morgan fingerprint density at radius 1 is 1.35 bits per heavy atom. The summed E-state index contributed by atoms with van der Waals surface area (Å²) < 4.78 is 24.4. The molecule has 0 radical (unpaired) electrons. The molecule has 0 unspecified atom stereocenters. The summed E-state index contributed by atoms with van der Waals surface area (Å²) in [5, 5.41) is 0. The third kappa shape index (κ3) is 4.70. The van der Waals surface area contributed by atoms with Crippen molar-refractivity contribution in [1.29, 1.82) is 0 Å². The minimum Gasteiger partial charge on any atom is -0.492 e. The van der Waals surface area contributed by atoms with E-state index in [4.69, 9.17) is 21.1 Å². The maximum Gasteiger partial charge on any atom is 0.137 e. The first kappa shape index (κ1) is 15.2. The molecule has 0 aliphatic carbocycles. The predicted molar refractivity (Wildman–Crippen MR) is 77.7 cm³/mol. The van der Waals surface area contributed by atoms with Crippen LogP contribution in [0.2, 0.25) is 0 Å². The molecule has 1 aliphatic rings. The van der Waals surface area contributed by atoms with Crippen LogP contribution in [0, 0.1) is 23.6 Å². The molecule has 2 nitrogen and oxygen atoms in total. The highest BCUT2D eigenvalue weighted by Crippen LogP contribution is 2.22. The van der Waals surface area contributed by atoms with E-state index in [1.165, 1.54) is 12.1 Å². The molecular formula is C16H18ClFO2. The quantitative estimate of drug-likeness (QED) is 0.624. The van der Waals surface area contributed by atoms with Crippen LogP contribution in [0.4, 0.5) is 4.39 Å². The van der Waals surface area contributed by atoms with Gasteiger partial charge >= 0.3 is 0 Å². The summed E-state index contributed by atoms with van der Waals surface area (Å²) in [4.78, 5) is 0. The molecule has 1 aromatic carbocycles. The number of ether oxygens (including phenoxy) is 2. The molecule has 108 valence electrons. The summed E-state index contributed by atoms with van der Waals surface area (Å²) in [5.74, 6) is 7.09. The van der Waals surface area contributed by atoms with Gasteiger partial charge in [-0.25, -0.2) is 4.39 Å². The van der Waals surface area contributed by atoms with Crippen LogP contribution in [0.15, 0.2) is 18.2 Å². The number of benzene rings is 1. The molecule has 0 atom stereocenters. The maximum absolute atomic E-state index is 13.3. The molecule has 1 heterocycles. The van der Waals surface area contributed by atoms with Crippen molar-refractivity contribution in [2.45, 2.75) is 19.3 Å². The molecule has 1 aromatic rings. The molecule has 2 rings (SSSR count). The zero-order chi connectivity index (χ0) is 14.2. The van der Waals surface area contributed by atoms with E-state index >= 15 is 0 Å². The summed E-state index contributed by atoms with van der Waals surface area (Å²) in [6, 6.07) is 4.44. The fraction of sp³-hybridized carbons (Fsp3) is 0.500. The van der Waals surface area contributed by atoms with Crippen LogP contribution in [0.3, 0.4) is 0 Å². The van der Waals surface area contributed by atoms with Gasteiger partial charge in [-0.1, -0.05) is 11.8 Å². The zero-order valence-electron chi connectivity index (χ0n) is 11.3. The van der Waals surface area contributed by atoms with E-state index in [2.05, 4.69) is 11.8 Å². The lowest BCUT2D eigenvalue weighted by Crippen LogP contribution is -2.21. The minimum absolute atomic E-state index is 0.310. The Bertz CT molecular complexity index is 487. The Morgan fingerprint density at radius 3 is 2.90 bits per heavy atom. The normalized spacial score (nSPS) is 15.5. The Hall–Kier alpha value is -1.24. The molecule has 0 aromatic heterocycles. The van der Waals surface area contributed by atoms with Crippen molar-refractivity contribution in [3.63, 3.8) is 0 Å². The second kappa shape index (κ2) is 8.14. The highest BCUT2D eigenvalue weighted by molar-refractivity contribution is 6.18. The van der Waals surface area contributed by atoms with Crippen molar-refractivity contribution >= 4 is 11.6 Å². The summed E-state index contributed by atoms with van der Waals surface area (Å²) in [6.07, 6.45) is 2.59. The summed E-state index contributed by atoms with van der Waals surface area (Å²) in [7, 11) is 0. The van der Waals surface area contributed by atoms with Gasteiger partial charge in [-0.05, 0) is 30.9 Å². The van der Waals surface area contributed by atoms with Crippen molar-refractivity contribution in [3.8, 4) is 17.6 Å². The van der Waals surface area contributed by atoms with Crippen LogP contribution >= 0.6 is 11.6 Å². The highest BCUT2D eigenvalue weighted by Gasteiger charge is 2.15. The van der Waals surface area contributed by atoms with Crippen molar-refractivity contribution in [2.24, 2.45) is 5.92 Å². The average Bonchev–Trinajstić information content (AvgIpc) is 2.48. The molecule has 0 spiro atoms. The lowest BCUT2D eigenvalue weighted by Gasteiger charge is -2.22. The van der Waals surface area contributed by atoms with Crippen molar-refractivity contribution < 1.29 is 13.9 Å². The van der Waals surface area contributed by atoms with Crippen molar-refractivity contribution in [2.75, 3.05) is 25.7 Å². The molecule has 1 saturated heterocycles. The fourth-order valence-corrected chi connectivity index (χ4v) is 2.14. The molecule has 0 amide bonds. The monoisotopic (exact) mass is 296 g/mol. The van der Waals surface area contributed by atoms with Gasteiger partial charge in [0.1, 0.15) is 11.6 Å². The smallest absolute Gasteiger partial charge is 0.137 e. The largest absolute Gasteiger partial charge is 0.492 e. The van der Waals surface area contributed by atoms with E-state index in [9.17, 15) is 4.39 Å². The van der Waals surface area contributed by atoms with E-state index in [0.717, 1.165) is 26.1 Å². The topological polar surface area (TPSA) is 18.5 Å². The van der Waals surface area contributed by atoms with Crippen LogP contribution in [-0.4, -0.2) is 25.7 Å². The molecule has 0 N–H and O–H groups in total. The molecule has 4 heteroatoms. The van der Waals surface area contributed by atoms with Gasteiger partial charge < -0.3 is 9.47 Å². The van der Waals surface area contributed by atoms with E-state index in [1.54, 1.807) is 6.07 Å². The lowest BCUT2D eigenvalue weighted by molar-refractivity contribution is 0.0497. The Morgan fingerprint density at radius 2 is 2.15 bits per heavy atom.